The number of hydrogen-bond donors (Lipinski definition) is 0. The van der Waals surface area contributed by atoms with Gasteiger partial charge in [-0.05, 0) is 39.0 Å². The molecule has 0 radical (unpaired) electrons. The van der Waals surface area contributed by atoms with Crippen LogP contribution >= 0.6 is 11.6 Å². The average molecular weight is 367 g/mol. The zero-order valence-corrected chi connectivity index (χ0v) is 15.1. The van der Waals surface area contributed by atoms with E-state index in [4.69, 9.17) is 21.1 Å². The van der Waals surface area contributed by atoms with E-state index in [9.17, 15) is 9.18 Å². The standard InChI is InChI=1S/C18H20ClFN2O3/c1-18(2,3)25-17(23)22-9-7-11(10-22)24-14-5-4-13-15(16(14)20)12(19)6-8-21-13/h4-6,8,11H,7,9-10H2,1-3H3/t11-/m0/s1. The molecule has 0 saturated carbocycles. The Bertz CT molecular complexity index is 807. The molecule has 1 amide bonds. The molecule has 1 aromatic heterocycles. The number of carbonyl (C=O) groups is 1. The van der Waals surface area contributed by atoms with E-state index >= 15 is 0 Å². The van der Waals surface area contributed by atoms with Crippen molar-refractivity contribution in [2.24, 2.45) is 0 Å². The average Bonchev–Trinajstić information content (AvgIpc) is 2.97. The first-order valence-electron chi connectivity index (χ1n) is 8.12. The number of carbonyl (C=O) groups excluding carboxylic acids is 1. The summed E-state index contributed by atoms with van der Waals surface area (Å²) < 4.78 is 25.8. The molecule has 0 N–H and O–H groups in total. The number of amides is 1. The highest BCUT2D eigenvalue weighted by Gasteiger charge is 2.31. The molecule has 2 heterocycles. The summed E-state index contributed by atoms with van der Waals surface area (Å²) in [6, 6.07) is 4.74. The molecule has 1 aliphatic rings. The maximum atomic E-state index is 14.7. The van der Waals surface area contributed by atoms with Crippen LogP contribution in [0.25, 0.3) is 10.9 Å². The highest BCUT2D eigenvalue weighted by Crippen LogP contribution is 2.31. The Balaban J connectivity index is 1.72. The van der Waals surface area contributed by atoms with Crippen LogP contribution in [0.2, 0.25) is 5.02 Å². The lowest BCUT2D eigenvalue weighted by Gasteiger charge is -2.24. The van der Waals surface area contributed by atoms with Crippen LogP contribution < -0.4 is 4.74 Å². The van der Waals surface area contributed by atoms with E-state index in [1.165, 1.54) is 18.3 Å². The van der Waals surface area contributed by atoms with E-state index in [0.717, 1.165) is 0 Å². The molecule has 1 aromatic carbocycles. The highest BCUT2D eigenvalue weighted by molar-refractivity contribution is 6.35. The number of benzene rings is 1. The second-order valence-electron chi connectivity index (χ2n) is 7.02. The lowest BCUT2D eigenvalue weighted by Crippen LogP contribution is -2.36. The number of halogens is 2. The van der Waals surface area contributed by atoms with Gasteiger partial charge in [-0.2, -0.15) is 0 Å². The van der Waals surface area contributed by atoms with E-state index in [-0.39, 0.29) is 28.4 Å². The van der Waals surface area contributed by atoms with E-state index < -0.39 is 11.4 Å². The molecule has 0 spiro atoms. The molecular formula is C18H20ClFN2O3. The fourth-order valence-electron chi connectivity index (χ4n) is 2.74. The van der Waals surface area contributed by atoms with Gasteiger partial charge in [0.2, 0.25) is 0 Å². The van der Waals surface area contributed by atoms with Crippen molar-refractivity contribution in [1.29, 1.82) is 0 Å². The molecule has 1 fully saturated rings. The first-order chi connectivity index (χ1) is 11.7. The van der Waals surface area contributed by atoms with E-state index in [1.807, 2.05) is 20.8 Å². The van der Waals surface area contributed by atoms with Gasteiger partial charge in [0.15, 0.2) is 11.6 Å². The Morgan fingerprint density at radius 3 is 2.84 bits per heavy atom. The molecule has 0 aliphatic carbocycles. The number of ether oxygens (including phenoxy) is 2. The minimum Gasteiger partial charge on any atom is -0.485 e. The Morgan fingerprint density at radius 1 is 1.36 bits per heavy atom. The van der Waals surface area contributed by atoms with Crippen molar-refractivity contribution in [2.75, 3.05) is 13.1 Å². The quantitative estimate of drug-likeness (QED) is 0.789. The molecule has 5 nitrogen and oxygen atoms in total. The third-order valence-corrected chi connectivity index (χ3v) is 4.16. The molecule has 7 heteroatoms. The third-order valence-electron chi connectivity index (χ3n) is 3.85. The number of pyridine rings is 1. The van der Waals surface area contributed by atoms with Gasteiger partial charge in [-0.3, -0.25) is 4.98 Å². The van der Waals surface area contributed by atoms with Crippen LogP contribution in [0.3, 0.4) is 0 Å². The van der Waals surface area contributed by atoms with E-state index in [0.29, 0.717) is 25.0 Å². The van der Waals surface area contributed by atoms with Crippen LogP contribution in [0.15, 0.2) is 24.4 Å². The topological polar surface area (TPSA) is 51.7 Å². The van der Waals surface area contributed by atoms with Crippen molar-refractivity contribution in [1.82, 2.24) is 9.88 Å². The van der Waals surface area contributed by atoms with Crippen LogP contribution in [-0.4, -0.2) is 40.8 Å². The summed E-state index contributed by atoms with van der Waals surface area (Å²) in [5.41, 5.74) is -0.0799. The van der Waals surface area contributed by atoms with Crippen LogP contribution in [0.5, 0.6) is 5.75 Å². The van der Waals surface area contributed by atoms with Gasteiger partial charge in [-0.15, -0.1) is 0 Å². The highest BCUT2D eigenvalue weighted by atomic mass is 35.5. The molecule has 25 heavy (non-hydrogen) atoms. The van der Waals surface area contributed by atoms with Gasteiger partial charge < -0.3 is 14.4 Å². The molecule has 1 atom stereocenters. The zero-order valence-electron chi connectivity index (χ0n) is 14.4. The van der Waals surface area contributed by atoms with Gasteiger partial charge in [0.05, 0.1) is 22.5 Å². The maximum absolute atomic E-state index is 14.7. The molecule has 134 valence electrons. The molecule has 3 rings (SSSR count). The number of nitrogens with zero attached hydrogens (tertiary/aromatic N) is 2. The summed E-state index contributed by atoms with van der Waals surface area (Å²) >= 11 is 6.07. The number of hydrogen-bond acceptors (Lipinski definition) is 4. The SMILES string of the molecule is CC(C)(C)OC(=O)N1CC[C@H](Oc2ccc3nccc(Cl)c3c2F)C1. The Hall–Kier alpha value is -2.08. The van der Waals surface area contributed by atoms with Gasteiger partial charge in [0.1, 0.15) is 11.7 Å². The van der Waals surface area contributed by atoms with Crippen molar-refractivity contribution in [3.63, 3.8) is 0 Å². The van der Waals surface area contributed by atoms with Gasteiger partial charge in [-0.1, -0.05) is 11.6 Å². The lowest BCUT2D eigenvalue weighted by molar-refractivity contribution is 0.0275. The summed E-state index contributed by atoms with van der Waals surface area (Å²) in [6.07, 6.45) is 1.46. The minimum atomic E-state index is -0.551. The summed E-state index contributed by atoms with van der Waals surface area (Å²) in [4.78, 5) is 17.8. The number of fused-ring (bicyclic) bond motifs is 1. The monoisotopic (exact) mass is 366 g/mol. The van der Waals surface area contributed by atoms with Crippen molar-refractivity contribution in [3.05, 3.63) is 35.2 Å². The smallest absolute Gasteiger partial charge is 0.410 e. The summed E-state index contributed by atoms with van der Waals surface area (Å²) in [5, 5.41) is 0.526. The van der Waals surface area contributed by atoms with Gasteiger partial charge in [0.25, 0.3) is 0 Å². The molecule has 2 aromatic rings. The molecule has 1 aliphatic heterocycles. The van der Waals surface area contributed by atoms with Crippen molar-refractivity contribution >= 4 is 28.6 Å². The fraction of sp³-hybridized carbons (Fsp3) is 0.444. The third kappa shape index (κ3) is 3.95. The Kier molecular flexibility index (Phi) is 4.73. The first kappa shape index (κ1) is 17.7. The van der Waals surface area contributed by atoms with Crippen molar-refractivity contribution in [2.45, 2.75) is 38.9 Å². The van der Waals surface area contributed by atoms with E-state index in [1.54, 1.807) is 11.0 Å². The molecule has 1 saturated heterocycles. The second-order valence-corrected chi connectivity index (χ2v) is 7.43. The predicted molar refractivity (Wildman–Crippen MR) is 93.6 cm³/mol. The molecule has 0 unspecified atom stereocenters. The van der Waals surface area contributed by atoms with Crippen LogP contribution in [-0.2, 0) is 4.74 Å². The largest absolute Gasteiger partial charge is 0.485 e. The maximum Gasteiger partial charge on any atom is 0.410 e. The minimum absolute atomic E-state index is 0.110. The molecule has 0 bridgehead atoms. The zero-order chi connectivity index (χ0) is 18.2. The number of likely N-dealkylation sites (tertiary alicyclic amines) is 1. The fourth-order valence-corrected chi connectivity index (χ4v) is 2.97. The second kappa shape index (κ2) is 6.67. The van der Waals surface area contributed by atoms with Crippen LogP contribution in [0, 0.1) is 5.82 Å². The Labute approximate surface area is 150 Å². The van der Waals surface area contributed by atoms with Crippen molar-refractivity contribution in [3.8, 4) is 5.75 Å². The Morgan fingerprint density at radius 2 is 2.12 bits per heavy atom. The van der Waals surface area contributed by atoms with Gasteiger partial charge >= 0.3 is 6.09 Å². The van der Waals surface area contributed by atoms with Crippen molar-refractivity contribution < 1.29 is 18.7 Å². The molecular weight excluding hydrogens is 347 g/mol. The summed E-state index contributed by atoms with van der Waals surface area (Å²) in [5.74, 6) is -0.426. The summed E-state index contributed by atoms with van der Waals surface area (Å²) in [7, 11) is 0. The van der Waals surface area contributed by atoms with Gasteiger partial charge in [-0.25, -0.2) is 9.18 Å². The normalized spacial score (nSPS) is 17.8. The first-order valence-corrected chi connectivity index (χ1v) is 8.50. The van der Waals surface area contributed by atoms with Crippen LogP contribution in [0.1, 0.15) is 27.2 Å². The number of aromatic nitrogens is 1. The predicted octanol–water partition coefficient (Wildman–Crippen LogP) is 4.42. The van der Waals surface area contributed by atoms with Gasteiger partial charge in [0, 0.05) is 19.2 Å². The van der Waals surface area contributed by atoms with Crippen LogP contribution in [0.4, 0.5) is 9.18 Å². The lowest BCUT2D eigenvalue weighted by atomic mass is 10.2. The van der Waals surface area contributed by atoms with E-state index in [2.05, 4.69) is 4.98 Å². The number of rotatable bonds is 2. The summed E-state index contributed by atoms with van der Waals surface area (Å²) in [6.45, 7) is 6.32.